The maximum absolute atomic E-state index is 5.69. The molecule has 4 aromatic carbocycles. The lowest BCUT2D eigenvalue weighted by molar-refractivity contribution is 0.583. The molecule has 0 spiro atoms. The van der Waals surface area contributed by atoms with E-state index in [4.69, 9.17) is 30.0 Å². The fourth-order valence-electron chi connectivity index (χ4n) is 10.2. The molecule has 0 N–H and O–H groups in total. The molecule has 2 aromatic heterocycles. The van der Waals surface area contributed by atoms with Crippen LogP contribution in [0.4, 0.5) is 11.6 Å². The summed E-state index contributed by atoms with van der Waals surface area (Å²) in [5.41, 5.74) is 25.7. The number of benzene rings is 4. The summed E-state index contributed by atoms with van der Waals surface area (Å²) in [4.78, 5) is 33.6. The smallest absolute Gasteiger partial charge is 0.165 e. The van der Waals surface area contributed by atoms with Crippen LogP contribution < -0.4 is 11.0 Å². The van der Waals surface area contributed by atoms with Crippen molar-refractivity contribution < 1.29 is 0 Å². The Balaban J connectivity index is 0.000000953. The fourth-order valence-corrected chi connectivity index (χ4v) is 10.2. The Morgan fingerprint density at radius 3 is 0.778 bits per heavy atom. The second-order valence-corrected chi connectivity index (χ2v) is 17.3. The Morgan fingerprint density at radius 2 is 0.492 bits per heavy atom. The Kier molecular flexibility index (Phi) is 11.6. The zero-order chi connectivity index (χ0) is 46.6. The molecule has 0 atom stereocenters. The summed E-state index contributed by atoms with van der Waals surface area (Å²) in [5, 5.41) is 4.42. The van der Waals surface area contributed by atoms with E-state index in [1.54, 1.807) is 0 Å². The van der Waals surface area contributed by atoms with Crippen molar-refractivity contribution in [3.05, 3.63) is 122 Å². The van der Waals surface area contributed by atoms with Gasteiger partial charge in [0.1, 0.15) is 29.3 Å². The van der Waals surface area contributed by atoms with Gasteiger partial charge >= 0.3 is 0 Å². The summed E-state index contributed by atoms with van der Waals surface area (Å²) in [7, 11) is 0. The van der Waals surface area contributed by atoms with Crippen molar-refractivity contribution in [3.8, 4) is 0 Å². The van der Waals surface area contributed by atoms with Gasteiger partial charge in [0.2, 0.25) is 0 Å². The van der Waals surface area contributed by atoms with Gasteiger partial charge in [-0.05, 0) is 200 Å². The van der Waals surface area contributed by atoms with E-state index in [1.165, 1.54) is 89.0 Å². The van der Waals surface area contributed by atoms with Gasteiger partial charge in [-0.25, -0.2) is 30.0 Å². The minimum Gasteiger partial charge on any atom is -0.291 e. The van der Waals surface area contributed by atoms with Gasteiger partial charge in [-0.2, -0.15) is 0 Å². The normalized spacial score (nSPS) is 13.8. The van der Waals surface area contributed by atoms with Crippen LogP contribution in [0.15, 0.2) is 30.0 Å². The van der Waals surface area contributed by atoms with Crippen LogP contribution in [0, 0.1) is 111 Å². The van der Waals surface area contributed by atoms with Crippen molar-refractivity contribution in [1.82, 2.24) is 9.13 Å². The molecule has 0 aliphatic carbocycles. The van der Waals surface area contributed by atoms with E-state index in [9.17, 15) is 0 Å². The van der Waals surface area contributed by atoms with E-state index in [-0.39, 0.29) is 0 Å². The molecule has 8 nitrogen and oxygen atoms in total. The molecule has 6 heterocycles. The minimum absolute atomic E-state index is 0.409. The third kappa shape index (κ3) is 5.99. The zero-order valence-corrected chi connectivity index (χ0v) is 42.3. The number of aliphatic imine (C=N–C) groups is 4. The summed E-state index contributed by atoms with van der Waals surface area (Å²) in [6.07, 6.45) is 0. The predicted molar refractivity (Wildman–Crippen MR) is 270 cm³/mol. The molecule has 328 valence electrons. The van der Waals surface area contributed by atoms with E-state index >= 15 is 0 Å². The molecule has 0 fully saturated rings. The molecule has 6 aromatic rings. The highest BCUT2D eigenvalue weighted by molar-refractivity contribution is 6.27. The van der Waals surface area contributed by atoms with E-state index in [1.807, 2.05) is 41.5 Å². The highest BCUT2D eigenvalue weighted by atomic mass is 15.3. The molecule has 63 heavy (non-hydrogen) atoms. The molecule has 0 radical (unpaired) electrons. The maximum Gasteiger partial charge on any atom is 0.165 e. The number of fused-ring (bicyclic) bond motifs is 14. The lowest BCUT2D eigenvalue weighted by Crippen LogP contribution is -2.32. The van der Waals surface area contributed by atoms with Gasteiger partial charge in [-0.15, -0.1) is 0 Å². The van der Waals surface area contributed by atoms with Crippen LogP contribution in [0.25, 0.3) is 21.5 Å². The van der Waals surface area contributed by atoms with Gasteiger partial charge in [0.05, 0.1) is 0 Å². The minimum atomic E-state index is 0.409. The first-order valence-electron chi connectivity index (χ1n) is 23.2. The van der Waals surface area contributed by atoms with Gasteiger partial charge < -0.3 is 0 Å². The average molecular weight is 841 g/mol. The monoisotopic (exact) mass is 841 g/mol. The highest BCUT2D eigenvalue weighted by Gasteiger charge is 2.35. The number of aromatic nitrogens is 2. The topological polar surface area (TPSA) is 84.0 Å². The van der Waals surface area contributed by atoms with Crippen molar-refractivity contribution in [1.29, 1.82) is 0 Å². The second-order valence-electron chi connectivity index (χ2n) is 17.3. The number of amidine groups is 4. The summed E-state index contributed by atoms with van der Waals surface area (Å²) >= 11 is 0. The second kappa shape index (κ2) is 16.1. The molecule has 0 amide bonds. The third-order valence-corrected chi connectivity index (χ3v) is 15.1. The number of rotatable bonds is 0. The fraction of sp³-hybridized carbons (Fsp3) is 0.418. The van der Waals surface area contributed by atoms with Crippen LogP contribution >= 0.6 is 0 Å². The van der Waals surface area contributed by atoms with Crippen LogP contribution in [-0.4, -0.2) is 32.5 Å². The Bertz CT molecular complexity index is 3080. The third-order valence-electron chi connectivity index (χ3n) is 15.1. The molecule has 10 rings (SSSR count). The standard InChI is InChI=1S/C49H50N8.3C2H6/c1-18-19(2)27(10)35-34(26(18)9)42-50-43(35)53-47-40-32(15)24(7)25(8)33(16)41(40)49-55-45-37-29(12)21(4)20(3)28(11)36(37)44(51-45)54-48-39-31(14)23(6)22(5)30(13)38(39)46(52-42)56(48)17-57(47)49;3*1-2/h17H2,1-16H3;3*1-2H3. The van der Waals surface area contributed by atoms with Crippen molar-refractivity contribution >= 4 is 56.5 Å². The zero-order valence-electron chi connectivity index (χ0n) is 42.3. The van der Waals surface area contributed by atoms with E-state index < -0.39 is 0 Å². The average Bonchev–Trinajstić information content (AvgIpc) is 4.01. The Hall–Kier alpha value is -5.76. The Labute approximate surface area is 375 Å². The maximum atomic E-state index is 5.69. The largest absolute Gasteiger partial charge is 0.291 e. The quantitative estimate of drug-likeness (QED) is 0.146. The van der Waals surface area contributed by atoms with Crippen molar-refractivity contribution in [2.45, 2.75) is 159 Å². The summed E-state index contributed by atoms with van der Waals surface area (Å²) in [5.74, 6) is 4.51. The Morgan fingerprint density at radius 1 is 0.254 bits per heavy atom. The summed E-state index contributed by atoms with van der Waals surface area (Å²) in [6.45, 7) is 48.0. The first-order chi connectivity index (χ1) is 30.0. The molecule has 8 heteroatoms. The number of aryl methyl sites for hydroxylation is 4. The van der Waals surface area contributed by atoms with Crippen LogP contribution in [0.1, 0.15) is 153 Å². The van der Waals surface area contributed by atoms with Crippen LogP contribution in [0.5, 0.6) is 0 Å². The molecule has 4 aliphatic rings. The van der Waals surface area contributed by atoms with E-state index in [2.05, 4.69) is 120 Å². The summed E-state index contributed by atoms with van der Waals surface area (Å²) < 4.78 is 4.63. The van der Waals surface area contributed by atoms with Gasteiger partial charge in [0.25, 0.3) is 0 Å². The molecule has 0 saturated carbocycles. The molecule has 0 unspecified atom stereocenters. The molecular weight excluding hydrogens is 773 g/mol. The van der Waals surface area contributed by atoms with Gasteiger partial charge in [0, 0.05) is 43.8 Å². The van der Waals surface area contributed by atoms with Gasteiger partial charge in [0.15, 0.2) is 23.3 Å². The van der Waals surface area contributed by atoms with Crippen LogP contribution in [0.2, 0.25) is 0 Å². The van der Waals surface area contributed by atoms with E-state index in [0.29, 0.717) is 30.0 Å². The number of nitrogens with zero attached hydrogens (tertiary/aromatic N) is 8. The first-order valence-corrected chi connectivity index (χ1v) is 23.2. The lowest BCUT2D eigenvalue weighted by atomic mass is 9.89. The van der Waals surface area contributed by atoms with Crippen molar-refractivity contribution in [2.75, 3.05) is 0 Å². The lowest BCUT2D eigenvalue weighted by Gasteiger charge is -2.15. The number of hydrogen-bond donors (Lipinski definition) is 0. The number of hydrogen-bond acceptors (Lipinski definition) is 6. The summed E-state index contributed by atoms with van der Waals surface area (Å²) in [6, 6.07) is 0. The van der Waals surface area contributed by atoms with Crippen molar-refractivity contribution in [3.63, 3.8) is 0 Å². The molecule has 0 saturated heterocycles. The van der Waals surface area contributed by atoms with E-state index in [0.717, 1.165) is 66.4 Å². The van der Waals surface area contributed by atoms with Crippen LogP contribution in [-0.2, 0) is 6.67 Å². The van der Waals surface area contributed by atoms with Crippen molar-refractivity contribution in [2.24, 2.45) is 30.0 Å². The predicted octanol–water partition coefficient (Wildman–Crippen LogP) is 13.1. The first kappa shape index (κ1) is 45.3. The van der Waals surface area contributed by atoms with Gasteiger partial charge in [-0.1, -0.05) is 41.5 Å². The highest BCUT2D eigenvalue weighted by Crippen LogP contribution is 2.47. The van der Waals surface area contributed by atoms with Gasteiger partial charge in [-0.3, -0.25) is 9.13 Å². The van der Waals surface area contributed by atoms with Crippen LogP contribution in [0.3, 0.4) is 0 Å². The molecule has 6 bridgehead atoms. The molecular formula is C55H68N8. The SMILES string of the molecule is CC.CC.CC.Cc1c(C)c(C)c2c(c1C)C1=NC2=Nc2c3c(C)c(C)c(C)c(C)c3c3n2Cn2c(c4c(C)c(C)c(C)c(C)c4c2=NC2=NC(=N3)c3c(C)c(C)c(C)c(C)c32)=N1. The molecule has 4 aliphatic heterocycles.